The van der Waals surface area contributed by atoms with Gasteiger partial charge in [0.1, 0.15) is 11.3 Å². The van der Waals surface area contributed by atoms with Gasteiger partial charge in [-0.05, 0) is 43.4 Å². The van der Waals surface area contributed by atoms with Crippen molar-refractivity contribution in [1.82, 2.24) is 4.98 Å². The van der Waals surface area contributed by atoms with Crippen LogP contribution in [0.1, 0.15) is 60.8 Å². The molecule has 0 spiro atoms. The van der Waals surface area contributed by atoms with E-state index in [0.717, 1.165) is 16.7 Å². The quantitative estimate of drug-likeness (QED) is 0.909. The van der Waals surface area contributed by atoms with Gasteiger partial charge in [-0.3, -0.25) is 4.79 Å². The number of carbonyl (C=O) groups excluding carboxylic acids is 1. The highest BCUT2D eigenvalue weighted by molar-refractivity contribution is 5.92. The Kier molecular flexibility index (Phi) is 4.73. The summed E-state index contributed by atoms with van der Waals surface area (Å²) >= 11 is 0. The van der Waals surface area contributed by atoms with Gasteiger partial charge in [0.15, 0.2) is 0 Å². The van der Waals surface area contributed by atoms with Gasteiger partial charge in [-0.15, -0.1) is 0 Å². The maximum absolute atomic E-state index is 11.7. The van der Waals surface area contributed by atoms with Gasteiger partial charge < -0.3 is 10.5 Å². The van der Waals surface area contributed by atoms with Crippen molar-refractivity contribution in [2.24, 2.45) is 5.73 Å². The number of rotatable bonds is 5. The molecular formula is C19H24N2O2. The minimum Gasteiger partial charge on any atom is -0.467 e. The Bertz CT molecular complexity index is 721. The molecule has 23 heavy (non-hydrogen) atoms. The lowest BCUT2D eigenvalue weighted by molar-refractivity contribution is 0.0953. The first kappa shape index (κ1) is 17.0. The third kappa shape index (κ3) is 3.70. The molecule has 1 aromatic heterocycles. The van der Waals surface area contributed by atoms with Crippen molar-refractivity contribution >= 4 is 5.91 Å². The third-order valence-electron chi connectivity index (χ3n) is 3.91. The van der Waals surface area contributed by atoms with Gasteiger partial charge in [0.2, 0.25) is 5.88 Å². The molecule has 1 heterocycles. The summed E-state index contributed by atoms with van der Waals surface area (Å²) in [6.07, 6.45) is 0. The predicted molar refractivity (Wildman–Crippen MR) is 91.7 cm³/mol. The van der Waals surface area contributed by atoms with Crippen LogP contribution in [-0.4, -0.2) is 10.9 Å². The van der Waals surface area contributed by atoms with Crippen molar-refractivity contribution in [2.75, 3.05) is 0 Å². The van der Waals surface area contributed by atoms with Crippen LogP contribution >= 0.6 is 0 Å². The molecule has 0 aliphatic carbocycles. The predicted octanol–water partition coefficient (Wildman–Crippen LogP) is 3.93. The second kappa shape index (κ2) is 6.41. The van der Waals surface area contributed by atoms with Crippen LogP contribution in [0.2, 0.25) is 0 Å². The van der Waals surface area contributed by atoms with Crippen LogP contribution in [0, 0.1) is 6.92 Å². The lowest BCUT2D eigenvalue weighted by Crippen LogP contribution is -2.27. The van der Waals surface area contributed by atoms with E-state index in [9.17, 15) is 4.79 Å². The maximum atomic E-state index is 11.7. The molecular weight excluding hydrogens is 288 g/mol. The molecule has 2 aromatic rings. The number of pyridine rings is 1. The van der Waals surface area contributed by atoms with Crippen molar-refractivity contribution in [3.63, 3.8) is 0 Å². The number of nitrogens with zero attached hydrogens (tertiary/aromatic N) is 1. The second-order valence-electron chi connectivity index (χ2n) is 6.53. The highest BCUT2D eigenvalue weighted by Crippen LogP contribution is 2.30. The van der Waals surface area contributed by atoms with Gasteiger partial charge in [0.25, 0.3) is 5.91 Å². The van der Waals surface area contributed by atoms with Crippen molar-refractivity contribution < 1.29 is 9.53 Å². The average molecular weight is 312 g/mol. The number of amides is 1. The Labute approximate surface area is 137 Å². The fraction of sp³-hybridized carbons (Fsp3) is 0.368. The minimum absolute atomic E-state index is 0.170. The molecule has 0 radical (unpaired) electrons. The maximum Gasteiger partial charge on any atom is 0.267 e. The summed E-state index contributed by atoms with van der Waals surface area (Å²) in [5.74, 6) is 0.0349. The molecule has 0 fully saturated rings. The normalized spacial score (nSPS) is 11.6. The first-order chi connectivity index (χ1) is 10.7. The highest BCUT2D eigenvalue weighted by Gasteiger charge is 2.26. The highest BCUT2D eigenvalue weighted by atomic mass is 16.5. The molecule has 2 rings (SSSR count). The van der Waals surface area contributed by atoms with E-state index in [1.165, 1.54) is 0 Å². The molecule has 0 atom stereocenters. The van der Waals surface area contributed by atoms with Gasteiger partial charge >= 0.3 is 0 Å². The fourth-order valence-electron chi connectivity index (χ4n) is 2.74. The van der Waals surface area contributed by atoms with Crippen LogP contribution in [-0.2, 0) is 5.60 Å². The molecule has 1 amide bonds. The van der Waals surface area contributed by atoms with Gasteiger partial charge in [-0.2, -0.15) is 0 Å². The number of primary amides is 1. The van der Waals surface area contributed by atoms with Crippen LogP contribution < -0.4 is 10.5 Å². The number of hydrogen-bond donors (Lipinski definition) is 1. The number of ether oxygens (including phenoxy) is 1. The summed E-state index contributed by atoms with van der Waals surface area (Å²) in [4.78, 5) is 16.0. The number of aromatic nitrogens is 1. The van der Waals surface area contributed by atoms with Crippen LogP contribution in [0.15, 0.2) is 36.4 Å². The molecule has 0 aliphatic rings. The SMILES string of the molecule is Cc1ccccc1C(C)(C)Oc1ccc(C(C)C)c(C(N)=O)n1. The van der Waals surface area contributed by atoms with Crippen LogP contribution in [0.3, 0.4) is 0 Å². The summed E-state index contributed by atoms with van der Waals surface area (Å²) in [5, 5.41) is 0. The number of nitrogens with two attached hydrogens (primary N) is 1. The van der Waals surface area contributed by atoms with E-state index < -0.39 is 11.5 Å². The zero-order valence-electron chi connectivity index (χ0n) is 14.4. The topological polar surface area (TPSA) is 65.2 Å². The minimum atomic E-state index is -0.563. The summed E-state index contributed by atoms with van der Waals surface area (Å²) < 4.78 is 6.08. The van der Waals surface area contributed by atoms with E-state index in [-0.39, 0.29) is 11.6 Å². The van der Waals surface area contributed by atoms with E-state index in [1.807, 2.05) is 65.0 Å². The van der Waals surface area contributed by atoms with E-state index >= 15 is 0 Å². The van der Waals surface area contributed by atoms with E-state index in [2.05, 4.69) is 4.98 Å². The number of carbonyl (C=O) groups is 1. The molecule has 4 heteroatoms. The van der Waals surface area contributed by atoms with Crippen molar-refractivity contribution in [3.8, 4) is 5.88 Å². The van der Waals surface area contributed by atoms with E-state index in [4.69, 9.17) is 10.5 Å². The van der Waals surface area contributed by atoms with E-state index in [1.54, 1.807) is 6.07 Å². The fourth-order valence-corrected chi connectivity index (χ4v) is 2.74. The monoisotopic (exact) mass is 312 g/mol. The standard InChI is InChI=1S/C19H24N2O2/c1-12(2)14-10-11-16(21-17(14)18(20)22)23-19(4,5)15-9-7-6-8-13(15)3/h6-12H,1-5H3,(H2,20,22). The van der Waals surface area contributed by atoms with Gasteiger partial charge in [-0.1, -0.05) is 44.2 Å². The summed E-state index contributed by atoms with van der Waals surface area (Å²) in [7, 11) is 0. The zero-order chi connectivity index (χ0) is 17.2. The van der Waals surface area contributed by atoms with Crippen molar-refractivity contribution in [1.29, 1.82) is 0 Å². The van der Waals surface area contributed by atoms with Crippen molar-refractivity contribution in [3.05, 3.63) is 58.8 Å². The van der Waals surface area contributed by atoms with Crippen LogP contribution in [0.4, 0.5) is 0 Å². The first-order valence-corrected chi connectivity index (χ1v) is 7.78. The van der Waals surface area contributed by atoms with Crippen molar-refractivity contribution in [2.45, 2.75) is 46.1 Å². The molecule has 0 unspecified atom stereocenters. The lowest BCUT2D eigenvalue weighted by Gasteiger charge is -2.28. The van der Waals surface area contributed by atoms with E-state index in [0.29, 0.717) is 5.88 Å². The van der Waals surface area contributed by atoms with Gasteiger partial charge in [-0.25, -0.2) is 4.98 Å². The van der Waals surface area contributed by atoms with Crippen LogP contribution in [0.25, 0.3) is 0 Å². The largest absolute Gasteiger partial charge is 0.467 e. The molecule has 0 aliphatic heterocycles. The summed E-state index contributed by atoms with van der Waals surface area (Å²) in [5.41, 5.74) is 8.23. The van der Waals surface area contributed by atoms with Crippen LogP contribution in [0.5, 0.6) is 5.88 Å². The number of aryl methyl sites for hydroxylation is 1. The molecule has 1 aromatic carbocycles. The Morgan fingerprint density at radius 2 is 1.83 bits per heavy atom. The molecule has 2 N–H and O–H groups in total. The number of benzene rings is 1. The third-order valence-corrected chi connectivity index (χ3v) is 3.91. The Morgan fingerprint density at radius 1 is 1.17 bits per heavy atom. The molecule has 0 bridgehead atoms. The first-order valence-electron chi connectivity index (χ1n) is 7.78. The Hall–Kier alpha value is -2.36. The smallest absolute Gasteiger partial charge is 0.267 e. The zero-order valence-corrected chi connectivity index (χ0v) is 14.4. The van der Waals surface area contributed by atoms with Gasteiger partial charge in [0.05, 0.1) is 0 Å². The lowest BCUT2D eigenvalue weighted by atomic mass is 9.93. The average Bonchev–Trinajstić information content (AvgIpc) is 2.46. The molecule has 122 valence electrons. The molecule has 4 nitrogen and oxygen atoms in total. The van der Waals surface area contributed by atoms with Gasteiger partial charge in [0, 0.05) is 6.07 Å². The number of hydrogen-bond acceptors (Lipinski definition) is 3. The molecule has 0 saturated carbocycles. The Morgan fingerprint density at radius 3 is 2.39 bits per heavy atom. The summed E-state index contributed by atoms with van der Waals surface area (Å²) in [6, 6.07) is 11.7. The summed E-state index contributed by atoms with van der Waals surface area (Å²) in [6.45, 7) is 10.0. The Balaban J connectivity index is 2.38. The molecule has 0 saturated heterocycles. The second-order valence-corrected chi connectivity index (χ2v) is 6.53.